The molecule has 2 aliphatic rings. The maximum absolute atomic E-state index is 12.7. The number of likely N-dealkylation sites (tertiary alicyclic amines) is 1. The highest BCUT2D eigenvalue weighted by Gasteiger charge is 2.36. The van der Waals surface area contributed by atoms with Gasteiger partial charge in [0.1, 0.15) is 0 Å². The summed E-state index contributed by atoms with van der Waals surface area (Å²) in [7, 11) is 3.47. The van der Waals surface area contributed by atoms with E-state index < -0.39 is 10.9 Å². The zero-order valence-electron chi connectivity index (χ0n) is 16.4. The average molecular weight is 389 g/mol. The van der Waals surface area contributed by atoms with Crippen molar-refractivity contribution in [3.63, 3.8) is 0 Å². The summed E-state index contributed by atoms with van der Waals surface area (Å²) in [5.41, 5.74) is 0.402. The van der Waals surface area contributed by atoms with E-state index in [1.54, 1.807) is 19.0 Å². The SMILES string of the molecule is CN(C)c1ccc([N+](=O)[O-])cc1C(=O)OCC(=O)N1CCC[C@@H]2CCCC[C@@H]21. The lowest BCUT2D eigenvalue weighted by Crippen LogP contribution is -2.50. The van der Waals surface area contributed by atoms with Crippen molar-refractivity contribution >= 4 is 23.3 Å². The number of fused-ring (bicyclic) bond motifs is 1. The van der Waals surface area contributed by atoms with Gasteiger partial charge in [-0.15, -0.1) is 0 Å². The second-order valence-electron chi connectivity index (χ2n) is 7.77. The summed E-state index contributed by atoms with van der Waals surface area (Å²) in [5, 5.41) is 11.0. The zero-order chi connectivity index (χ0) is 20.3. The summed E-state index contributed by atoms with van der Waals surface area (Å²) in [4.78, 5) is 39.3. The van der Waals surface area contributed by atoms with Crippen LogP contribution in [-0.2, 0) is 9.53 Å². The molecule has 0 radical (unpaired) electrons. The fourth-order valence-electron chi connectivity index (χ4n) is 4.41. The van der Waals surface area contributed by atoms with Gasteiger partial charge < -0.3 is 14.5 Å². The van der Waals surface area contributed by atoms with Gasteiger partial charge in [-0.05, 0) is 37.7 Å². The number of ether oxygens (including phenoxy) is 1. The normalized spacial score (nSPS) is 21.6. The molecule has 1 saturated heterocycles. The Morgan fingerprint density at radius 3 is 2.64 bits per heavy atom. The second-order valence-corrected chi connectivity index (χ2v) is 7.77. The quantitative estimate of drug-likeness (QED) is 0.437. The van der Waals surface area contributed by atoms with E-state index in [4.69, 9.17) is 4.74 Å². The van der Waals surface area contributed by atoms with Crippen LogP contribution in [0, 0.1) is 16.0 Å². The van der Waals surface area contributed by atoms with Crippen LogP contribution >= 0.6 is 0 Å². The van der Waals surface area contributed by atoms with Gasteiger partial charge in [0.05, 0.1) is 16.2 Å². The van der Waals surface area contributed by atoms with Crippen molar-refractivity contribution in [3.05, 3.63) is 33.9 Å². The third kappa shape index (κ3) is 4.26. The number of amides is 1. The van der Waals surface area contributed by atoms with Gasteiger partial charge in [-0.3, -0.25) is 14.9 Å². The number of hydrogen-bond acceptors (Lipinski definition) is 6. The summed E-state index contributed by atoms with van der Waals surface area (Å²) in [5.74, 6) is -0.348. The Kier molecular flexibility index (Phi) is 6.16. The van der Waals surface area contributed by atoms with Crippen molar-refractivity contribution < 1.29 is 19.2 Å². The van der Waals surface area contributed by atoms with Gasteiger partial charge in [0.25, 0.3) is 11.6 Å². The van der Waals surface area contributed by atoms with Crippen molar-refractivity contribution in [3.8, 4) is 0 Å². The van der Waals surface area contributed by atoms with Gasteiger partial charge in [0.15, 0.2) is 6.61 Å². The molecular weight excluding hydrogens is 362 g/mol. The lowest BCUT2D eigenvalue weighted by atomic mass is 9.78. The molecule has 8 heteroatoms. The first-order valence-corrected chi connectivity index (χ1v) is 9.81. The number of esters is 1. The van der Waals surface area contributed by atoms with Crippen LogP contribution in [-0.4, -0.2) is 55.0 Å². The topological polar surface area (TPSA) is 93.0 Å². The number of rotatable bonds is 5. The highest BCUT2D eigenvalue weighted by Crippen LogP contribution is 2.35. The number of carbonyl (C=O) groups excluding carboxylic acids is 2. The van der Waals surface area contributed by atoms with Crippen LogP contribution in [0.25, 0.3) is 0 Å². The van der Waals surface area contributed by atoms with Gasteiger partial charge in [-0.25, -0.2) is 4.79 Å². The molecule has 8 nitrogen and oxygen atoms in total. The van der Waals surface area contributed by atoms with E-state index in [1.807, 2.05) is 4.90 Å². The maximum atomic E-state index is 12.7. The molecule has 0 aromatic heterocycles. The molecule has 0 bridgehead atoms. The van der Waals surface area contributed by atoms with Crippen molar-refractivity contribution in [2.24, 2.45) is 5.92 Å². The fourth-order valence-corrected chi connectivity index (χ4v) is 4.41. The van der Waals surface area contributed by atoms with E-state index in [1.165, 1.54) is 24.6 Å². The van der Waals surface area contributed by atoms with E-state index >= 15 is 0 Å². The average Bonchev–Trinajstić information content (AvgIpc) is 2.70. The molecule has 1 saturated carbocycles. The van der Waals surface area contributed by atoms with Crippen LogP contribution in [0.15, 0.2) is 18.2 Å². The first-order chi connectivity index (χ1) is 13.4. The van der Waals surface area contributed by atoms with E-state index in [9.17, 15) is 19.7 Å². The zero-order valence-corrected chi connectivity index (χ0v) is 16.4. The molecule has 2 atom stereocenters. The van der Waals surface area contributed by atoms with Crippen LogP contribution in [0.4, 0.5) is 11.4 Å². The molecule has 1 aromatic carbocycles. The van der Waals surface area contributed by atoms with Crippen LogP contribution in [0.5, 0.6) is 0 Å². The van der Waals surface area contributed by atoms with Crippen molar-refractivity contribution in [1.82, 2.24) is 4.90 Å². The third-order valence-corrected chi connectivity index (χ3v) is 5.78. The van der Waals surface area contributed by atoms with Gasteiger partial charge in [0, 0.05) is 38.8 Å². The van der Waals surface area contributed by atoms with Gasteiger partial charge in [-0.2, -0.15) is 0 Å². The molecule has 28 heavy (non-hydrogen) atoms. The van der Waals surface area contributed by atoms with Crippen molar-refractivity contribution in [2.75, 3.05) is 32.1 Å². The minimum absolute atomic E-state index is 0.0844. The number of nitro benzene ring substituents is 1. The fraction of sp³-hybridized carbons (Fsp3) is 0.600. The largest absolute Gasteiger partial charge is 0.452 e. The number of benzene rings is 1. The predicted octanol–water partition coefficient (Wildman–Crippen LogP) is 3.00. The Morgan fingerprint density at radius 1 is 1.21 bits per heavy atom. The van der Waals surface area contributed by atoms with Gasteiger partial charge in [-0.1, -0.05) is 12.8 Å². The van der Waals surface area contributed by atoms with E-state index in [2.05, 4.69) is 0 Å². The smallest absolute Gasteiger partial charge is 0.341 e. The molecule has 2 fully saturated rings. The van der Waals surface area contributed by atoms with E-state index in [-0.39, 0.29) is 29.8 Å². The molecule has 1 amide bonds. The summed E-state index contributed by atoms with van der Waals surface area (Å²) in [6.07, 6.45) is 6.67. The first-order valence-electron chi connectivity index (χ1n) is 9.81. The highest BCUT2D eigenvalue weighted by molar-refractivity contribution is 5.97. The predicted molar refractivity (Wildman–Crippen MR) is 104 cm³/mol. The van der Waals surface area contributed by atoms with Crippen molar-refractivity contribution in [2.45, 2.75) is 44.6 Å². The minimum atomic E-state index is -0.724. The molecule has 0 N–H and O–H groups in total. The second kappa shape index (κ2) is 8.58. The Labute approximate surface area is 164 Å². The number of hydrogen-bond donors (Lipinski definition) is 0. The molecule has 152 valence electrons. The third-order valence-electron chi connectivity index (χ3n) is 5.78. The maximum Gasteiger partial charge on any atom is 0.341 e. The first kappa shape index (κ1) is 20.1. The molecular formula is C20H27N3O5. The molecule has 3 rings (SSSR count). The van der Waals surface area contributed by atoms with Crippen molar-refractivity contribution in [1.29, 1.82) is 0 Å². The van der Waals surface area contributed by atoms with Crippen LogP contribution in [0.2, 0.25) is 0 Å². The molecule has 1 aromatic rings. The molecule has 1 aliphatic carbocycles. The Bertz CT molecular complexity index is 762. The molecule has 0 spiro atoms. The summed E-state index contributed by atoms with van der Waals surface area (Å²) < 4.78 is 5.27. The lowest BCUT2D eigenvalue weighted by Gasteiger charge is -2.44. The standard InChI is InChI=1S/C20H27N3O5/c1-21(2)18-10-9-15(23(26)27)12-16(18)20(25)28-13-19(24)22-11-5-7-14-6-3-4-8-17(14)22/h9-10,12,14,17H,3-8,11,13H2,1-2H3/t14-,17-/m0/s1. The Hall–Kier alpha value is -2.64. The van der Waals surface area contributed by atoms with E-state index in [0.29, 0.717) is 18.2 Å². The van der Waals surface area contributed by atoms with Crippen LogP contribution in [0.3, 0.4) is 0 Å². The van der Waals surface area contributed by atoms with E-state index in [0.717, 1.165) is 32.1 Å². The molecule has 1 heterocycles. The number of nitrogens with zero attached hydrogens (tertiary/aromatic N) is 3. The number of anilines is 1. The number of nitro groups is 1. The van der Waals surface area contributed by atoms with Gasteiger partial charge in [0.2, 0.25) is 0 Å². The lowest BCUT2D eigenvalue weighted by molar-refractivity contribution is -0.384. The van der Waals surface area contributed by atoms with Crippen LogP contribution in [0.1, 0.15) is 48.9 Å². The summed E-state index contributed by atoms with van der Waals surface area (Å²) >= 11 is 0. The molecule has 1 aliphatic heterocycles. The number of non-ortho nitro benzene ring substituents is 1. The van der Waals surface area contributed by atoms with Crippen LogP contribution < -0.4 is 4.90 Å². The minimum Gasteiger partial charge on any atom is -0.452 e. The monoisotopic (exact) mass is 389 g/mol. The Balaban J connectivity index is 1.68. The Morgan fingerprint density at radius 2 is 1.93 bits per heavy atom. The number of carbonyl (C=O) groups is 2. The summed E-state index contributed by atoms with van der Waals surface area (Å²) in [6, 6.07) is 4.30. The summed E-state index contributed by atoms with van der Waals surface area (Å²) in [6.45, 7) is 0.370. The number of piperidine rings is 1. The highest BCUT2D eigenvalue weighted by atomic mass is 16.6. The van der Waals surface area contributed by atoms with Gasteiger partial charge >= 0.3 is 5.97 Å². The molecule has 0 unspecified atom stereocenters.